The molecule has 4 nitrogen and oxygen atoms in total. The van der Waals surface area contributed by atoms with Crippen LogP contribution in [0.25, 0.3) is 89.0 Å². The van der Waals surface area contributed by atoms with Crippen molar-refractivity contribution in [3.63, 3.8) is 0 Å². The highest BCUT2D eigenvalue weighted by molar-refractivity contribution is 6.17. The van der Waals surface area contributed by atoms with Crippen molar-refractivity contribution in [3.8, 4) is 67.0 Å². The van der Waals surface area contributed by atoms with Gasteiger partial charge >= 0.3 is 0 Å². The topological polar surface area (TPSA) is 51.8 Å². The Morgan fingerprint density at radius 2 is 1.13 bits per heavy atom. The molecule has 0 radical (unpaired) electrons. The van der Waals surface area contributed by atoms with Crippen LogP contribution in [-0.4, -0.2) is 15.4 Å². The van der Waals surface area contributed by atoms with Crippen LogP contribution in [0.4, 0.5) is 0 Å². The van der Waals surface area contributed by atoms with Crippen molar-refractivity contribution < 1.29 is 4.42 Å². The number of aryl methyl sites for hydroxylation is 1. The van der Waals surface area contributed by atoms with Crippen LogP contribution in [0.2, 0.25) is 0 Å². The summed E-state index contributed by atoms with van der Waals surface area (Å²) in [5, 5.41) is 16.5. The summed E-state index contributed by atoms with van der Waals surface area (Å²) in [7, 11) is 0. The SMILES string of the molecule is Cc1cc2c(c(-c3c(-c4ccccc4)nnnc3-c3ccccc3-c3c(-c4ccccc4)ccc4oc5ccccc5c34)c1C)Cc1ccccc1-2. The maximum absolute atomic E-state index is 6.49. The van der Waals surface area contributed by atoms with Crippen LogP contribution in [0.5, 0.6) is 0 Å². The van der Waals surface area contributed by atoms with Crippen LogP contribution >= 0.6 is 0 Å². The molecule has 1 aliphatic rings. The van der Waals surface area contributed by atoms with Crippen LogP contribution in [0.1, 0.15) is 22.3 Å². The molecule has 0 saturated carbocycles. The summed E-state index contributed by atoms with van der Waals surface area (Å²) in [6, 6.07) is 53.4. The largest absolute Gasteiger partial charge is 0.456 e. The van der Waals surface area contributed by atoms with E-state index < -0.39 is 0 Å². The lowest BCUT2D eigenvalue weighted by molar-refractivity contribution is 0.669. The summed E-state index contributed by atoms with van der Waals surface area (Å²) in [6.07, 6.45) is 0.845. The molecule has 2 heterocycles. The Morgan fingerprint density at radius 3 is 1.94 bits per heavy atom. The van der Waals surface area contributed by atoms with E-state index in [2.05, 4.69) is 153 Å². The van der Waals surface area contributed by atoms with E-state index in [1.807, 2.05) is 18.2 Å². The third-order valence-corrected chi connectivity index (χ3v) is 10.8. The fourth-order valence-electron chi connectivity index (χ4n) is 8.27. The van der Waals surface area contributed by atoms with Gasteiger partial charge in [0.2, 0.25) is 0 Å². The van der Waals surface area contributed by atoms with Gasteiger partial charge in [-0.15, -0.1) is 10.2 Å². The first-order valence-electron chi connectivity index (χ1n) is 17.8. The highest BCUT2D eigenvalue weighted by Gasteiger charge is 2.30. The predicted octanol–water partition coefficient (Wildman–Crippen LogP) is 12.3. The van der Waals surface area contributed by atoms with Crippen molar-refractivity contribution >= 4 is 21.9 Å². The third kappa shape index (κ3) is 4.65. The normalized spacial score (nSPS) is 12.0. The molecule has 0 N–H and O–H groups in total. The lowest BCUT2D eigenvalue weighted by atomic mass is 9.83. The lowest BCUT2D eigenvalue weighted by Crippen LogP contribution is -2.05. The monoisotopic (exact) mass is 667 g/mol. The average molecular weight is 668 g/mol. The first kappa shape index (κ1) is 30.2. The number of para-hydroxylation sites is 1. The summed E-state index contributed by atoms with van der Waals surface area (Å²) in [5.74, 6) is 0. The zero-order valence-corrected chi connectivity index (χ0v) is 28.9. The number of furan rings is 1. The molecule has 0 fully saturated rings. The van der Waals surface area contributed by atoms with E-state index in [4.69, 9.17) is 14.6 Å². The van der Waals surface area contributed by atoms with Gasteiger partial charge in [0, 0.05) is 33.0 Å². The molecule has 1 aliphatic carbocycles. The molecule has 0 bridgehead atoms. The Bertz CT molecular complexity index is 2840. The van der Waals surface area contributed by atoms with E-state index in [1.54, 1.807) is 0 Å². The Labute approximate surface area is 302 Å². The van der Waals surface area contributed by atoms with Crippen LogP contribution < -0.4 is 0 Å². The Kier molecular flexibility index (Phi) is 6.97. The number of nitrogens with zero attached hydrogens (tertiary/aromatic N) is 3. The van der Waals surface area contributed by atoms with E-state index in [9.17, 15) is 0 Å². The molecule has 52 heavy (non-hydrogen) atoms. The van der Waals surface area contributed by atoms with Gasteiger partial charge < -0.3 is 4.42 Å². The van der Waals surface area contributed by atoms with E-state index in [0.29, 0.717) is 0 Å². The molecule has 9 aromatic rings. The van der Waals surface area contributed by atoms with Gasteiger partial charge in [0.15, 0.2) is 0 Å². The molecular weight excluding hydrogens is 635 g/mol. The second-order valence-electron chi connectivity index (χ2n) is 13.7. The molecule has 0 aliphatic heterocycles. The molecule has 10 rings (SSSR count). The van der Waals surface area contributed by atoms with E-state index in [-0.39, 0.29) is 0 Å². The molecule has 0 amide bonds. The average Bonchev–Trinajstić information content (AvgIpc) is 3.77. The molecule has 0 spiro atoms. The Hall–Kier alpha value is -6.65. The van der Waals surface area contributed by atoms with E-state index >= 15 is 0 Å². The number of hydrogen-bond acceptors (Lipinski definition) is 4. The number of fused-ring (bicyclic) bond motifs is 6. The van der Waals surface area contributed by atoms with Gasteiger partial charge in [-0.2, -0.15) is 0 Å². The maximum atomic E-state index is 6.49. The van der Waals surface area contributed by atoms with Gasteiger partial charge in [-0.1, -0.05) is 140 Å². The van der Waals surface area contributed by atoms with Gasteiger partial charge in [-0.25, -0.2) is 0 Å². The van der Waals surface area contributed by atoms with Crippen molar-refractivity contribution in [2.24, 2.45) is 0 Å². The molecule has 246 valence electrons. The Morgan fingerprint density at radius 1 is 0.481 bits per heavy atom. The van der Waals surface area contributed by atoms with Crippen molar-refractivity contribution in [1.82, 2.24) is 15.4 Å². The molecule has 0 unspecified atom stereocenters. The van der Waals surface area contributed by atoms with E-state index in [1.165, 1.54) is 38.9 Å². The number of hydrogen-bond donors (Lipinski definition) is 0. The minimum absolute atomic E-state index is 0.806. The predicted molar refractivity (Wildman–Crippen MR) is 212 cm³/mol. The fraction of sp³-hybridized carbons (Fsp3) is 0.0625. The Balaban J connectivity index is 1.33. The molecular formula is C48H33N3O. The van der Waals surface area contributed by atoms with Gasteiger partial charge in [-0.3, -0.25) is 0 Å². The number of aromatic nitrogens is 3. The van der Waals surface area contributed by atoms with E-state index in [0.717, 1.165) is 78.7 Å². The van der Waals surface area contributed by atoms with Crippen molar-refractivity contribution in [1.29, 1.82) is 0 Å². The summed E-state index contributed by atoms with van der Waals surface area (Å²) in [4.78, 5) is 0. The van der Waals surface area contributed by atoms with Crippen LogP contribution in [0, 0.1) is 13.8 Å². The maximum Gasteiger partial charge on any atom is 0.136 e. The van der Waals surface area contributed by atoms with Crippen LogP contribution in [0.3, 0.4) is 0 Å². The highest BCUT2D eigenvalue weighted by Crippen LogP contribution is 2.51. The van der Waals surface area contributed by atoms with Gasteiger partial charge in [0.1, 0.15) is 22.6 Å². The quantitative estimate of drug-likeness (QED) is 0.183. The van der Waals surface area contributed by atoms with Crippen LogP contribution in [-0.2, 0) is 6.42 Å². The second-order valence-corrected chi connectivity index (χ2v) is 13.7. The number of rotatable bonds is 5. The minimum Gasteiger partial charge on any atom is -0.456 e. The molecule has 0 saturated heterocycles. The van der Waals surface area contributed by atoms with Crippen molar-refractivity contribution in [2.75, 3.05) is 0 Å². The zero-order chi connectivity index (χ0) is 34.8. The summed E-state index contributed by atoms with van der Waals surface area (Å²) in [5.41, 5.74) is 19.6. The van der Waals surface area contributed by atoms with Gasteiger partial charge in [-0.05, 0) is 93.2 Å². The summed E-state index contributed by atoms with van der Waals surface area (Å²) >= 11 is 0. The highest BCUT2D eigenvalue weighted by atomic mass is 16.3. The zero-order valence-electron chi connectivity index (χ0n) is 28.9. The third-order valence-electron chi connectivity index (χ3n) is 10.8. The number of benzene rings is 7. The standard InChI is InChI=1S/C48H33N3O/c1-29-27-39-34-20-10-9-19-33(34)28-40(39)43(30(29)2)46-47(32-17-7-4-8-18-32)49-51-50-48(46)37-22-12-11-21-36(37)44-35(31-15-5-3-6-16-31)25-26-42-45(44)38-23-13-14-24-41(38)52-42/h3-27H,28H2,1-2H3. The minimum atomic E-state index is 0.806. The van der Waals surface area contributed by atoms with Crippen LogP contribution in [0.15, 0.2) is 156 Å². The lowest BCUT2D eigenvalue weighted by Gasteiger charge is -2.22. The van der Waals surface area contributed by atoms with Gasteiger partial charge in [0.25, 0.3) is 0 Å². The van der Waals surface area contributed by atoms with Crippen molar-refractivity contribution in [3.05, 3.63) is 174 Å². The van der Waals surface area contributed by atoms with Crippen molar-refractivity contribution in [2.45, 2.75) is 20.3 Å². The molecule has 0 atom stereocenters. The fourth-order valence-corrected chi connectivity index (χ4v) is 8.27. The smallest absolute Gasteiger partial charge is 0.136 e. The molecule has 2 aromatic heterocycles. The molecule has 7 aromatic carbocycles. The summed E-state index contributed by atoms with van der Waals surface area (Å²) < 4.78 is 6.49. The van der Waals surface area contributed by atoms with Gasteiger partial charge in [0.05, 0.1) is 0 Å². The first-order chi connectivity index (χ1) is 25.7. The summed E-state index contributed by atoms with van der Waals surface area (Å²) in [6.45, 7) is 4.46. The first-order valence-corrected chi connectivity index (χ1v) is 17.8. The second kappa shape index (κ2) is 12.0. The molecule has 4 heteroatoms.